The lowest BCUT2D eigenvalue weighted by molar-refractivity contribution is 0.876. The zero-order valence-corrected chi connectivity index (χ0v) is 34.8. The van der Waals surface area contributed by atoms with E-state index in [1.165, 1.54) is 92.5 Å². The molecule has 11 aromatic carbocycles. The maximum atomic E-state index is 2.45. The van der Waals surface area contributed by atoms with Gasteiger partial charge in [-0.05, 0) is 141 Å². The summed E-state index contributed by atoms with van der Waals surface area (Å²) >= 11 is 0. The van der Waals surface area contributed by atoms with Gasteiger partial charge in [0.2, 0.25) is 0 Å². The molecule has 63 heavy (non-hydrogen) atoms. The lowest BCUT2D eigenvalue weighted by atomic mass is 9.74. The lowest BCUT2D eigenvalue weighted by Crippen LogP contribution is -2.37. The van der Waals surface area contributed by atoms with Crippen LogP contribution in [0.15, 0.2) is 243 Å². The molecule has 1 aliphatic rings. The summed E-state index contributed by atoms with van der Waals surface area (Å²) in [7, 11) is 0. The van der Waals surface area contributed by atoms with Gasteiger partial charge in [-0.2, -0.15) is 0 Å². The smallest absolute Gasteiger partial charge is 0.0468 e. The van der Waals surface area contributed by atoms with Crippen LogP contribution in [-0.4, -0.2) is 0 Å². The highest BCUT2D eigenvalue weighted by Crippen LogP contribution is 2.43. The van der Waals surface area contributed by atoms with E-state index in [9.17, 15) is 0 Å². The van der Waals surface area contributed by atoms with Gasteiger partial charge in [0.05, 0.1) is 0 Å². The predicted octanol–water partition coefficient (Wildman–Crippen LogP) is 15.0. The summed E-state index contributed by atoms with van der Waals surface area (Å²) in [6.07, 6.45) is 0.907. The fraction of sp³-hybridized carbons (Fsp3) is 0.0323. The van der Waals surface area contributed by atoms with Crippen molar-refractivity contribution in [3.63, 3.8) is 0 Å². The highest BCUT2D eigenvalue weighted by atomic mass is 15.1. The average Bonchev–Trinajstić information content (AvgIpc) is 3.36. The van der Waals surface area contributed by atoms with Crippen LogP contribution in [0.4, 0.5) is 17.1 Å². The largest absolute Gasteiger partial charge is 0.310 e. The third-order valence-electron chi connectivity index (χ3n) is 13.2. The van der Waals surface area contributed by atoms with Crippen LogP contribution in [0, 0.1) is 0 Å². The minimum absolute atomic E-state index is 0.163. The molecule has 0 bridgehead atoms. The summed E-state index contributed by atoms with van der Waals surface area (Å²) in [6.45, 7) is 0. The topological polar surface area (TPSA) is 3.24 Å². The number of hydrogen-bond acceptors (Lipinski definition) is 1. The summed E-state index contributed by atoms with van der Waals surface area (Å²) in [5, 5.41) is 12.7. The molecule has 0 heterocycles. The summed E-state index contributed by atoms with van der Waals surface area (Å²) in [5.74, 6) is 0.163. The SMILES string of the molecule is c1ccc(C2=c3c(c4ccc(N(c5ccc(-c6ccc7ccccc7c6)cc5)c5ccc6ccccc6c5)cc4c4ccccc34)=C(c3ccccc3)C(c3ccccc3)C2)cc1. The predicted molar refractivity (Wildman–Crippen MR) is 268 cm³/mol. The van der Waals surface area contributed by atoms with Gasteiger partial charge >= 0.3 is 0 Å². The van der Waals surface area contributed by atoms with Crippen molar-refractivity contribution in [3.05, 3.63) is 270 Å². The second-order valence-electron chi connectivity index (χ2n) is 16.8. The molecule has 11 aromatic rings. The number of fused-ring (bicyclic) bond motifs is 8. The van der Waals surface area contributed by atoms with E-state index in [0.717, 1.165) is 23.5 Å². The Bertz CT molecular complexity index is 3630. The first-order chi connectivity index (χ1) is 31.2. The highest BCUT2D eigenvalue weighted by molar-refractivity contribution is 6.12. The van der Waals surface area contributed by atoms with Crippen molar-refractivity contribution in [1.29, 1.82) is 0 Å². The first kappa shape index (κ1) is 36.8. The van der Waals surface area contributed by atoms with Crippen LogP contribution in [0.25, 0.3) is 65.4 Å². The first-order valence-electron chi connectivity index (χ1n) is 22.0. The Kier molecular flexibility index (Phi) is 9.04. The van der Waals surface area contributed by atoms with Gasteiger partial charge in [-0.25, -0.2) is 0 Å². The summed E-state index contributed by atoms with van der Waals surface area (Å²) in [4.78, 5) is 2.43. The molecule has 0 saturated carbocycles. The zero-order valence-electron chi connectivity index (χ0n) is 34.8. The number of anilines is 3. The lowest BCUT2D eigenvalue weighted by Gasteiger charge is -2.30. The van der Waals surface area contributed by atoms with Crippen molar-refractivity contribution in [1.82, 2.24) is 0 Å². The van der Waals surface area contributed by atoms with Crippen molar-refractivity contribution in [2.75, 3.05) is 4.90 Å². The van der Waals surface area contributed by atoms with Crippen molar-refractivity contribution < 1.29 is 0 Å². The molecule has 0 aromatic heterocycles. The number of rotatable bonds is 7. The number of nitrogens with zero attached hydrogens (tertiary/aromatic N) is 1. The van der Waals surface area contributed by atoms with Gasteiger partial charge in [-0.15, -0.1) is 0 Å². The van der Waals surface area contributed by atoms with Gasteiger partial charge in [-0.3, -0.25) is 0 Å². The zero-order chi connectivity index (χ0) is 41.7. The highest BCUT2D eigenvalue weighted by Gasteiger charge is 2.28. The average molecular weight is 802 g/mol. The molecule has 0 saturated heterocycles. The number of benzene rings is 11. The molecular weight excluding hydrogens is 759 g/mol. The normalized spacial score (nSPS) is 13.7. The van der Waals surface area contributed by atoms with Gasteiger partial charge in [0.1, 0.15) is 0 Å². The maximum Gasteiger partial charge on any atom is 0.0468 e. The quantitative estimate of drug-likeness (QED) is 0.145. The minimum atomic E-state index is 0.163. The van der Waals surface area contributed by atoms with Crippen molar-refractivity contribution in [3.8, 4) is 11.1 Å². The van der Waals surface area contributed by atoms with Gasteiger partial charge < -0.3 is 4.90 Å². The standard InChI is InChI=1S/C62H43N/c1-4-18-45(19-5-1)57-41-58(46-20-6-2-7-21-46)61-55-27-15-14-26-54(55)59-40-53(36-37-56(59)62(61)60(57)47-22-8-3-9-23-47)63(52-35-32-43-17-11-13-25-49(43)39-52)51-33-30-44(31-34-51)50-29-28-42-16-10-12-24-48(42)38-50/h1-40,57H,41H2. The molecule has 12 rings (SSSR count). The number of hydrogen-bond donors (Lipinski definition) is 0. The summed E-state index contributed by atoms with van der Waals surface area (Å²) in [6, 6.07) is 89.6. The Hall–Kier alpha value is -8.00. The van der Waals surface area contributed by atoms with E-state index in [1.807, 2.05) is 0 Å². The summed E-state index contributed by atoms with van der Waals surface area (Å²) < 4.78 is 0. The second kappa shape index (κ2) is 15.5. The maximum absolute atomic E-state index is 2.45. The van der Waals surface area contributed by atoms with Crippen LogP contribution in [-0.2, 0) is 0 Å². The monoisotopic (exact) mass is 801 g/mol. The Balaban J connectivity index is 1.14. The van der Waals surface area contributed by atoms with E-state index in [2.05, 4.69) is 248 Å². The second-order valence-corrected chi connectivity index (χ2v) is 16.8. The Morgan fingerprint density at radius 1 is 0.302 bits per heavy atom. The van der Waals surface area contributed by atoms with Crippen molar-refractivity contribution >= 4 is 71.3 Å². The van der Waals surface area contributed by atoms with E-state index >= 15 is 0 Å². The van der Waals surface area contributed by atoms with Crippen LogP contribution in [0.1, 0.15) is 29.0 Å². The van der Waals surface area contributed by atoms with Gasteiger partial charge in [0.25, 0.3) is 0 Å². The summed E-state index contributed by atoms with van der Waals surface area (Å²) in [5.41, 5.74) is 12.4. The molecule has 1 unspecified atom stereocenters. The molecule has 1 atom stereocenters. The Morgan fingerprint density at radius 3 is 1.52 bits per heavy atom. The van der Waals surface area contributed by atoms with E-state index in [-0.39, 0.29) is 5.92 Å². The van der Waals surface area contributed by atoms with E-state index in [0.29, 0.717) is 0 Å². The third-order valence-corrected chi connectivity index (χ3v) is 13.2. The molecule has 0 spiro atoms. The molecule has 0 radical (unpaired) electrons. The molecule has 0 fully saturated rings. The molecule has 0 aliphatic heterocycles. The first-order valence-corrected chi connectivity index (χ1v) is 22.0. The van der Waals surface area contributed by atoms with Crippen molar-refractivity contribution in [2.24, 2.45) is 0 Å². The fourth-order valence-corrected chi connectivity index (χ4v) is 10.3. The van der Waals surface area contributed by atoms with Crippen molar-refractivity contribution in [2.45, 2.75) is 12.3 Å². The molecular formula is C62H43N. The Morgan fingerprint density at radius 2 is 0.810 bits per heavy atom. The molecule has 1 aliphatic carbocycles. The fourth-order valence-electron chi connectivity index (χ4n) is 10.3. The van der Waals surface area contributed by atoms with E-state index in [1.54, 1.807) is 0 Å². The van der Waals surface area contributed by atoms with Gasteiger partial charge in [0.15, 0.2) is 0 Å². The van der Waals surface area contributed by atoms with Crippen LogP contribution in [0.2, 0.25) is 0 Å². The molecule has 0 amide bonds. The van der Waals surface area contributed by atoms with Crippen LogP contribution in [0.3, 0.4) is 0 Å². The van der Waals surface area contributed by atoms with Crippen LogP contribution < -0.4 is 15.3 Å². The van der Waals surface area contributed by atoms with Crippen LogP contribution >= 0.6 is 0 Å². The van der Waals surface area contributed by atoms with Gasteiger partial charge in [-0.1, -0.05) is 200 Å². The van der Waals surface area contributed by atoms with E-state index < -0.39 is 0 Å². The van der Waals surface area contributed by atoms with Gasteiger partial charge in [0, 0.05) is 23.0 Å². The van der Waals surface area contributed by atoms with E-state index in [4.69, 9.17) is 0 Å². The third kappa shape index (κ3) is 6.49. The van der Waals surface area contributed by atoms with Crippen LogP contribution in [0.5, 0.6) is 0 Å². The Labute approximate surface area is 367 Å². The molecule has 1 nitrogen and oxygen atoms in total. The minimum Gasteiger partial charge on any atom is -0.310 e. The molecule has 0 N–H and O–H groups in total. The molecule has 1 heteroatoms. The molecule has 296 valence electrons.